The second-order valence-corrected chi connectivity index (χ2v) is 4.90. The Morgan fingerprint density at radius 2 is 2.06 bits per heavy atom. The molecular weight excluding hydrogens is 252 g/mol. The van der Waals surface area contributed by atoms with Gasteiger partial charge in [-0.1, -0.05) is 12.1 Å². The Morgan fingerprint density at radius 3 is 2.61 bits per heavy atom. The first-order valence-corrected chi connectivity index (χ1v) is 6.23. The van der Waals surface area contributed by atoms with Crippen molar-refractivity contribution in [3.05, 3.63) is 46.2 Å². The van der Waals surface area contributed by atoms with Crippen molar-refractivity contribution in [2.45, 2.75) is 12.3 Å². The lowest BCUT2D eigenvalue weighted by molar-refractivity contribution is -0.138. The van der Waals surface area contributed by atoms with Gasteiger partial charge in [0.15, 0.2) is 0 Å². The summed E-state index contributed by atoms with van der Waals surface area (Å²) < 4.78 is 0. The summed E-state index contributed by atoms with van der Waals surface area (Å²) in [6.07, 6.45) is 0.196. The highest BCUT2D eigenvalue weighted by atomic mass is 32.1. The number of carboxylic acids is 1. The molecule has 0 aliphatic rings. The highest BCUT2D eigenvalue weighted by Crippen LogP contribution is 2.30. The monoisotopic (exact) mass is 264 g/mol. The number of aliphatic carboxylic acids is 1. The van der Waals surface area contributed by atoms with Gasteiger partial charge in [-0.05, 0) is 29.5 Å². The van der Waals surface area contributed by atoms with Crippen LogP contribution in [0.25, 0.3) is 0 Å². The number of carbonyl (C=O) groups is 1. The van der Waals surface area contributed by atoms with Crippen LogP contribution in [0, 0.1) is 0 Å². The topological polar surface area (TPSA) is 77.8 Å². The molecule has 1 aromatic heterocycles. The van der Waals surface area contributed by atoms with Crippen molar-refractivity contribution in [2.75, 3.05) is 0 Å². The minimum absolute atomic E-state index is 0.0424. The van der Waals surface area contributed by atoms with Crippen molar-refractivity contribution in [1.82, 2.24) is 0 Å². The molecule has 0 fully saturated rings. The lowest BCUT2D eigenvalue weighted by Gasteiger charge is -2.11. The average Bonchev–Trinajstić information content (AvgIpc) is 2.80. The lowest BCUT2D eigenvalue weighted by atomic mass is 9.97. The molecule has 4 nitrogen and oxygen atoms in total. The predicted octanol–water partition coefficient (Wildman–Crippen LogP) is 2.57. The van der Waals surface area contributed by atoms with E-state index in [0.29, 0.717) is 5.56 Å². The number of hydrogen-bond donors (Lipinski definition) is 3. The highest BCUT2D eigenvalue weighted by Gasteiger charge is 2.22. The van der Waals surface area contributed by atoms with Crippen molar-refractivity contribution < 1.29 is 20.1 Å². The number of phenols is 2. The number of aromatic hydroxyl groups is 2. The summed E-state index contributed by atoms with van der Waals surface area (Å²) in [5, 5.41) is 29.9. The first-order valence-electron chi connectivity index (χ1n) is 5.35. The Kier molecular flexibility index (Phi) is 3.53. The third-order valence-electron chi connectivity index (χ3n) is 2.68. The number of phenolic OH excluding ortho intramolecular Hbond substituents is 2. The molecule has 3 N–H and O–H groups in total. The molecule has 0 aliphatic heterocycles. The lowest BCUT2D eigenvalue weighted by Crippen LogP contribution is -2.13. The Hall–Kier alpha value is -2.01. The smallest absolute Gasteiger partial charge is 0.312 e. The van der Waals surface area contributed by atoms with Crippen LogP contribution in [0.3, 0.4) is 0 Å². The molecule has 18 heavy (non-hydrogen) atoms. The van der Waals surface area contributed by atoms with Crippen molar-refractivity contribution in [2.24, 2.45) is 0 Å². The van der Waals surface area contributed by atoms with Crippen LogP contribution in [0.4, 0.5) is 0 Å². The van der Waals surface area contributed by atoms with Gasteiger partial charge in [0.05, 0.1) is 5.92 Å². The van der Waals surface area contributed by atoms with Gasteiger partial charge in [-0.15, -0.1) is 11.3 Å². The van der Waals surface area contributed by atoms with Gasteiger partial charge in [-0.3, -0.25) is 4.79 Å². The summed E-state index contributed by atoms with van der Waals surface area (Å²) >= 11 is 1.38. The van der Waals surface area contributed by atoms with Gasteiger partial charge in [0.2, 0.25) is 0 Å². The predicted molar refractivity (Wildman–Crippen MR) is 68.2 cm³/mol. The molecule has 2 aromatic rings. The minimum atomic E-state index is -0.926. The fraction of sp³-hybridized carbons (Fsp3) is 0.154. The number of benzene rings is 1. The van der Waals surface area contributed by atoms with Crippen LogP contribution >= 0.6 is 11.3 Å². The Balaban J connectivity index is 2.27. The average molecular weight is 264 g/mol. The molecular formula is C13H12O4S. The molecule has 0 saturated carbocycles. The molecule has 0 spiro atoms. The Labute approximate surface area is 108 Å². The fourth-order valence-corrected chi connectivity index (χ4v) is 2.56. The van der Waals surface area contributed by atoms with Gasteiger partial charge < -0.3 is 15.3 Å². The normalized spacial score (nSPS) is 12.2. The van der Waals surface area contributed by atoms with E-state index in [-0.39, 0.29) is 17.9 Å². The van der Waals surface area contributed by atoms with Crippen LogP contribution in [0.2, 0.25) is 0 Å². The zero-order chi connectivity index (χ0) is 13.1. The van der Waals surface area contributed by atoms with Crippen LogP contribution in [-0.2, 0) is 11.2 Å². The molecule has 1 atom stereocenters. The van der Waals surface area contributed by atoms with E-state index < -0.39 is 11.9 Å². The molecule has 1 unspecified atom stereocenters. The maximum Gasteiger partial charge on any atom is 0.312 e. The van der Waals surface area contributed by atoms with Crippen LogP contribution in [0.1, 0.15) is 16.4 Å². The first kappa shape index (κ1) is 12.4. The van der Waals surface area contributed by atoms with Crippen LogP contribution in [-0.4, -0.2) is 21.3 Å². The molecule has 0 bridgehead atoms. The standard InChI is InChI=1S/C13H12O4S/c14-9-4-3-8(11(15)7-9)6-10(13(16)17)12-2-1-5-18-12/h1-5,7,10,14-15H,6H2,(H,16,17). The van der Waals surface area contributed by atoms with E-state index in [1.165, 1.54) is 29.5 Å². The number of thiophene rings is 1. The molecule has 1 heterocycles. The number of hydrogen-bond acceptors (Lipinski definition) is 4. The molecule has 0 aliphatic carbocycles. The highest BCUT2D eigenvalue weighted by molar-refractivity contribution is 7.10. The second-order valence-electron chi connectivity index (χ2n) is 3.92. The largest absolute Gasteiger partial charge is 0.508 e. The molecule has 1 aromatic carbocycles. The van der Waals surface area contributed by atoms with E-state index in [4.69, 9.17) is 0 Å². The third kappa shape index (κ3) is 2.62. The quantitative estimate of drug-likeness (QED) is 0.793. The summed E-state index contributed by atoms with van der Waals surface area (Å²) in [4.78, 5) is 12.0. The molecule has 0 radical (unpaired) electrons. The summed E-state index contributed by atoms with van der Waals surface area (Å²) in [6.45, 7) is 0. The molecule has 94 valence electrons. The number of carboxylic acid groups (broad SMARTS) is 1. The van der Waals surface area contributed by atoms with Crippen molar-refractivity contribution in [1.29, 1.82) is 0 Å². The van der Waals surface area contributed by atoms with Crippen molar-refractivity contribution >= 4 is 17.3 Å². The van der Waals surface area contributed by atoms with E-state index in [1.54, 1.807) is 12.1 Å². The Morgan fingerprint density at radius 1 is 1.28 bits per heavy atom. The minimum Gasteiger partial charge on any atom is -0.508 e. The second kappa shape index (κ2) is 5.10. The van der Waals surface area contributed by atoms with Crippen LogP contribution in [0.5, 0.6) is 11.5 Å². The van der Waals surface area contributed by atoms with E-state index in [1.807, 2.05) is 5.38 Å². The van der Waals surface area contributed by atoms with Gasteiger partial charge in [0.1, 0.15) is 11.5 Å². The van der Waals surface area contributed by atoms with Crippen LogP contribution in [0.15, 0.2) is 35.7 Å². The summed E-state index contributed by atoms with van der Waals surface area (Å²) in [6, 6.07) is 7.74. The van der Waals surface area contributed by atoms with Gasteiger partial charge in [0, 0.05) is 10.9 Å². The van der Waals surface area contributed by atoms with Crippen LogP contribution < -0.4 is 0 Å². The zero-order valence-electron chi connectivity index (χ0n) is 9.41. The first-order chi connectivity index (χ1) is 8.58. The van der Waals surface area contributed by atoms with E-state index in [2.05, 4.69) is 0 Å². The van der Waals surface area contributed by atoms with Crippen molar-refractivity contribution in [3.8, 4) is 11.5 Å². The maximum absolute atomic E-state index is 11.3. The zero-order valence-corrected chi connectivity index (χ0v) is 10.2. The number of rotatable bonds is 4. The molecule has 5 heteroatoms. The molecule has 0 amide bonds. The van der Waals surface area contributed by atoms with Gasteiger partial charge >= 0.3 is 5.97 Å². The van der Waals surface area contributed by atoms with Crippen molar-refractivity contribution in [3.63, 3.8) is 0 Å². The molecule has 2 rings (SSSR count). The third-order valence-corrected chi connectivity index (χ3v) is 3.66. The summed E-state index contributed by atoms with van der Waals surface area (Å²) in [5.74, 6) is -1.73. The molecule has 0 saturated heterocycles. The summed E-state index contributed by atoms with van der Waals surface area (Å²) in [5.41, 5.74) is 0.508. The van der Waals surface area contributed by atoms with Gasteiger partial charge in [-0.2, -0.15) is 0 Å². The Bertz CT molecular complexity index is 548. The SMILES string of the molecule is O=C(O)C(Cc1ccc(O)cc1O)c1cccs1. The van der Waals surface area contributed by atoms with Gasteiger partial charge in [0.25, 0.3) is 0 Å². The van der Waals surface area contributed by atoms with E-state index in [9.17, 15) is 20.1 Å². The van der Waals surface area contributed by atoms with E-state index in [0.717, 1.165) is 4.88 Å². The maximum atomic E-state index is 11.3. The summed E-state index contributed by atoms with van der Waals surface area (Å²) in [7, 11) is 0. The van der Waals surface area contributed by atoms with Gasteiger partial charge in [-0.25, -0.2) is 0 Å². The van der Waals surface area contributed by atoms with E-state index >= 15 is 0 Å². The fourth-order valence-electron chi connectivity index (χ4n) is 1.74.